The Labute approximate surface area is 121 Å². The molecule has 1 unspecified atom stereocenters. The van der Waals surface area contributed by atoms with E-state index in [1.807, 2.05) is 6.07 Å². The molecule has 0 aromatic heterocycles. The first-order valence-electron chi connectivity index (χ1n) is 6.54. The van der Waals surface area contributed by atoms with E-state index in [4.69, 9.17) is 0 Å². The molecule has 0 saturated heterocycles. The molecule has 0 aliphatic rings. The maximum Gasteiger partial charge on any atom is 0.311 e. The van der Waals surface area contributed by atoms with Crippen molar-refractivity contribution in [1.82, 2.24) is 0 Å². The summed E-state index contributed by atoms with van der Waals surface area (Å²) in [6.07, 6.45) is 0.273. The zero-order valence-electron chi connectivity index (χ0n) is 11.2. The maximum atomic E-state index is 13.4. The predicted octanol–water partition coefficient (Wildman–Crippen LogP) is 3.64. The van der Waals surface area contributed by atoms with Crippen LogP contribution in [0, 0.1) is 11.6 Å². The lowest BCUT2D eigenvalue weighted by Crippen LogP contribution is -2.16. The van der Waals surface area contributed by atoms with Gasteiger partial charge in [-0.15, -0.1) is 0 Å². The third-order valence-corrected chi connectivity index (χ3v) is 3.18. The van der Waals surface area contributed by atoms with Gasteiger partial charge in [0.1, 0.15) is 11.6 Å². The molecule has 0 aliphatic carbocycles. The van der Waals surface area contributed by atoms with Crippen molar-refractivity contribution in [3.63, 3.8) is 0 Å². The lowest BCUT2D eigenvalue weighted by atomic mass is 9.96. The third kappa shape index (κ3) is 4.02. The van der Waals surface area contributed by atoms with E-state index in [0.29, 0.717) is 5.56 Å². The standard InChI is InChI=1S/C16H15F2NO2/c17-12-6-7-14(18)15(10-12)19-9-8-13(16(20)21)11-4-2-1-3-5-11/h1-7,10,13,19H,8-9H2,(H,20,21). The van der Waals surface area contributed by atoms with Gasteiger partial charge >= 0.3 is 5.97 Å². The summed E-state index contributed by atoms with van der Waals surface area (Å²) in [7, 11) is 0. The Morgan fingerprint density at radius 1 is 1.14 bits per heavy atom. The van der Waals surface area contributed by atoms with Crippen molar-refractivity contribution in [1.29, 1.82) is 0 Å². The molecule has 0 bridgehead atoms. The SMILES string of the molecule is O=C(O)C(CCNc1cc(F)ccc1F)c1ccccc1. The zero-order chi connectivity index (χ0) is 15.2. The van der Waals surface area contributed by atoms with E-state index in [9.17, 15) is 18.7 Å². The van der Waals surface area contributed by atoms with Crippen LogP contribution in [0.2, 0.25) is 0 Å². The fourth-order valence-electron chi connectivity index (χ4n) is 2.10. The van der Waals surface area contributed by atoms with Gasteiger partial charge < -0.3 is 10.4 Å². The number of benzene rings is 2. The number of anilines is 1. The second-order valence-electron chi connectivity index (χ2n) is 4.64. The number of carbonyl (C=O) groups is 1. The topological polar surface area (TPSA) is 49.3 Å². The van der Waals surface area contributed by atoms with Gasteiger partial charge in [0.05, 0.1) is 11.6 Å². The molecule has 0 radical (unpaired) electrons. The average Bonchev–Trinajstić information content (AvgIpc) is 2.47. The van der Waals surface area contributed by atoms with Crippen LogP contribution in [0.15, 0.2) is 48.5 Å². The van der Waals surface area contributed by atoms with Crippen LogP contribution in [0.25, 0.3) is 0 Å². The Morgan fingerprint density at radius 3 is 2.52 bits per heavy atom. The largest absolute Gasteiger partial charge is 0.481 e. The molecule has 0 fully saturated rings. The number of halogens is 2. The quantitative estimate of drug-likeness (QED) is 0.854. The van der Waals surface area contributed by atoms with Crippen molar-refractivity contribution in [2.75, 3.05) is 11.9 Å². The van der Waals surface area contributed by atoms with Crippen LogP contribution in [-0.2, 0) is 4.79 Å². The van der Waals surface area contributed by atoms with E-state index in [1.165, 1.54) is 0 Å². The third-order valence-electron chi connectivity index (χ3n) is 3.18. The molecule has 5 heteroatoms. The number of nitrogens with one attached hydrogen (secondary N) is 1. The molecule has 2 rings (SSSR count). The molecular weight excluding hydrogens is 276 g/mol. The van der Waals surface area contributed by atoms with Crippen molar-refractivity contribution >= 4 is 11.7 Å². The summed E-state index contributed by atoms with van der Waals surface area (Å²) in [5.41, 5.74) is 0.721. The minimum Gasteiger partial charge on any atom is -0.481 e. The van der Waals surface area contributed by atoms with Gasteiger partial charge in [-0.25, -0.2) is 8.78 Å². The molecule has 2 N–H and O–H groups in total. The summed E-state index contributed by atoms with van der Waals surface area (Å²) >= 11 is 0. The van der Waals surface area contributed by atoms with Gasteiger partial charge in [-0.05, 0) is 30.2 Å². The maximum absolute atomic E-state index is 13.4. The lowest BCUT2D eigenvalue weighted by Gasteiger charge is -2.14. The van der Waals surface area contributed by atoms with Crippen molar-refractivity contribution in [3.05, 3.63) is 65.7 Å². The van der Waals surface area contributed by atoms with Gasteiger partial charge in [-0.1, -0.05) is 30.3 Å². The molecule has 0 saturated carbocycles. The van der Waals surface area contributed by atoms with Gasteiger partial charge in [0, 0.05) is 6.54 Å². The van der Waals surface area contributed by atoms with Crippen molar-refractivity contribution in [2.45, 2.75) is 12.3 Å². The number of carboxylic acids is 1. The summed E-state index contributed by atoms with van der Waals surface area (Å²) < 4.78 is 26.5. The number of hydrogen-bond donors (Lipinski definition) is 2. The van der Waals surface area contributed by atoms with E-state index in [1.54, 1.807) is 24.3 Å². The molecule has 2 aromatic carbocycles. The van der Waals surface area contributed by atoms with Crippen molar-refractivity contribution in [2.24, 2.45) is 0 Å². The molecule has 0 heterocycles. The van der Waals surface area contributed by atoms with Gasteiger partial charge in [0.15, 0.2) is 0 Å². The summed E-state index contributed by atoms with van der Waals surface area (Å²) in [5, 5.41) is 12.0. The Bertz CT molecular complexity index is 617. The number of hydrogen-bond acceptors (Lipinski definition) is 2. The normalized spacial score (nSPS) is 11.9. The van der Waals surface area contributed by atoms with Crippen LogP contribution in [0.3, 0.4) is 0 Å². The number of rotatable bonds is 6. The second-order valence-corrected chi connectivity index (χ2v) is 4.64. The van der Waals surface area contributed by atoms with Gasteiger partial charge in [0.2, 0.25) is 0 Å². The summed E-state index contributed by atoms with van der Waals surface area (Å²) in [6, 6.07) is 11.9. The molecule has 110 valence electrons. The summed E-state index contributed by atoms with van der Waals surface area (Å²) in [4.78, 5) is 11.3. The average molecular weight is 291 g/mol. The van der Waals surface area contributed by atoms with Gasteiger partial charge in [0.25, 0.3) is 0 Å². The highest BCUT2D eigenvalue weighted by Gasteiger charge is 2.19. The van der Waals surface area contributed by atoms with E-state index in [0.717, 1.165) is 18.2 Å². The number of carboxylic acid groups (broad SMARTS) is 1. The highest BCUT2D eigenvalue weighted by atomic mass is 19.1. The first-order chi connectivity index (χ1) is 10.1. The fourth-order valence-corrected chi connectivity index (χ4v) is 2.10. The predicted molar refractivity (Wildman–Crippen MR) is 76.3 cm³/mol. The van der Waals surface area contributed by atoms with E-state index in [-0.39, 0.29) is 18.7 Å². The van der Waals surface area contributed by atoms with Crippen LogP contribution in [0.5, 0.6) is 0 Å². The molecule has 1 atom stereocenters. The van der Waals surface area contributed by atoms with E-state index in [2.05, 4.69) is 5.32 Å². The van der Waals surface area contributed by atoms with Crippen LogP contribution in [0.1, 0.15) is 17.9 Å². The molecular formula is C16H15F2NO2. The van der Waals surface area contributed by atoms with Gasteiger partial charge in [-0.2, -0.15) is 0 Å². The first kappa shape index (κ1) is 15.0. The van der Waals surface area contributed by atoms with Crippen LogP contribution < -0.4 is 5.32 Å². The summed E-state index contributed by atoms with van der Waals surface area (Å²) in [6.45, 7) is 0.228. The fraction of sp³-hybridized carbons (Fsp3) is 0.188. The van der Waals surface area contributed by atoms with Crippen molar-refractivity contribution in [3.8, 4) is 0 Å². The molecule has 0 spiro atoms. The van der Waals surface area contributed by atoms with Crippen molar-refractivity contribution < 1.29 is 18.7 Å². The van der Waals surface area contributed by atoms with Crippen LogP contribution in [-0.4, -0.2) is 17.6 Å². The van der Waals surface area contributed by atoms with E-state index >= 15 is 0 Å². The monoisotopic (exact) mass is 291 g/mol. The molecule has 2 aromatic rings. The number of aliphatic carboxylic acids is 1. The second kappa shape index (κ2) is 6.83. The molecule has 0 aliphatic heterocycles. The Hall–Kier alpha value is -2.43. The zero-order valence-corrected chi connectivity index (χ0v) is 11.2. The van der Waals surface area contributed by atoms with Crippen LogP contribution >= 0.6 is 0 Å². The highest BCUT2D eigenvalue weighted by molar-refractivity contribution is 5.76. The Balaban J connectivity index is 2.00. The minimum absolute atomic E-state index is 0.0344. The Kier molecular flexibility index (Phi) is 4.87. The lowest BCUT2D eigenvalue weighted by molar-refractivity contribution is -0.138. The molecule has 3 nitrogen and oxygen atoms in total. The highest BCUT2D eigenvalue weighted by Crippen LogP contribution is 2.21. The van der Waals surface area contributed by atoms with E-state index < -0.39 is 23.5 Å². The Morgan fingerprint density at radius 2 is 1.86 bits per heavy atom. The van der Waals surface area contributed by atoms with Crippen LogP contribution in [0.4, 0.5) is 14.5 Å². The minimum atomic E-state index is -0.942. The van der Waals surface area contributed by atoms with Gasteiger partial charge in [-0.3, -0.25) is 4.79 Å². The molecule has 21 heavy (non-hydrogen) atoms. The molecule has 0 amide bonds. The first-order valence-corrected chi connectivity index (χ1v) is 6.54. The smallest absolute Gasteiger partial charge is 0.311 e. The summed E-state index contributed by atoms with van der Waals surface area (Å²) in [5.74, 6) is -2.74.